The van der Waals surface area contributed by atoms with Gasteiger partial charge in [0.15, 0.2) is 0 Å². The van der Waals surface area contributed by atoms with Gasteiger partial charge >= 0.3 is 0 Å². The van der Waals surface area contributed by atoms with E-state index in [-0.39, 0.29) is 5.91 Å². The number of carbonyl (C=O) groups is 1. The molecular formula is C18H18N4O. The third-order valence-corrected chi connectivity index (χ3v) is 4.51. The number of likely N-dealkylation sites (tertiary alicyclic amines) is 1. The molecule has 0 radical (unpaired) electrons. The molecule has 1 fully saturated rings. The van der Waals surface area contributed by atoms with Crippen molar-refractivity contribution in [3.05, 3.63) is 60.0 Å². The van der Waals surface area contributed by atoms with Crippen molar-refractivity contribution in [1.29, 1.82) is 0 Å². The molecule has 116 valence electrons. The second kappa shape index (κ2) is 5.83. The molecule has 1 aromatic carbocycles. The first kappa shape index (κ1) is 13.9. The zero-order valence-electron chi connectivity index (χ0n) is 12.8. The van der Waals surface area contributed by atoms with Crippen molar-refractivity contribution in [1.82, 2.24) is 20.1 Å². The molecular weight excluding hydrogens is 288 g/mol. The van der Waals surface area contributed by atoms with Crippen LogP contribution in [0.2, 0.25) is 0 Å². The van der Waals surface area contributed by atoms with Crippen LogP contribution < -0.4 is 0 Å². The van der Waals surface area contributed by atoms with Gasteiger partial charge in [0.1, 0.15) is 0 Å². The van der Waals surface area contributed by atoms with E-state index < -0.39 is 0 Å². The van der Waals surface area contributed by atoms with E-state index in [0.717, 1.165) is 42.5 Å². The maximum absolute atomic E-state index is 12.8. The molecule has 1 N–H and O–H groups in total. The van der Waals surface area contributed by atoms with Gasteiger partial charge in [0.05, 0.1) is 11.1 Å². The van der Waals surface area contributed by atoms with Gasteiger partial charge < -0.3 is 4.90 Å². The summed E-state index contributed by atoms with van der Waals surface area (Å²) in [6.45, 7) is 1.53. The number of nitrogens with zero attached hydrogens (tertiary/aromatic N) is 3. The second-order valence-corrected chi connectivity index (χ2v) is 6.02. The number of pyridine rings is 1. The van der Waals surface area contributed by atoms with Crippen LogP contribution in [0.25, 0.3) is 10.9 Å². The van der Waals surface area contributed by atoms with Crippen LogP contribution in [-0.2, 0) is 0 Å². The average molecular weight is 306 g/mol. The molecule has 0 bridgehead atoms. The molecule has 3 heterocycles. The molecule has 4 rings (SSSR count). The number of nitrogens with one attached hydrogen (secondary N) is 1. The summed E-state index contributed by atoms with van der Waals surface area (Å²) in [6, 6.07) is 11.8. The van der Waals surface area contributed by atoms with E-state index in [4.69, 9.17) is 0 Å². The summed E-state index contributed by atoms with van der Waals surface area (Å²) in [5.41, 5.74) is 2.69. The Morgan fingerprint density at radius 2 is 2.17 bits per heavy atom. The molecule has 1 saturated heterocycles. The predicted octanol–water partition coefficient (Wildman–Crippen LogP) is 2.98. The maximum atomic E-state index is 12.8. The lowest BCUT2D eigenvalue weighted by atomic mass is 9.94. The van der Waals surface area contributed by atoms with Gasteiger partial charge in [-0.1, -0.05) is 18.2 Å². The van der Waals surface area contributed by atoms with Crippen molar-refractivity contribution in [2.45, 2.75) is 18.8 Å². The fourth-order valence-corrected chi connectivity index (χ4v) is 3.28. The average Bonchev–Trinajstić information content (AvgIpc) is 3.15. The Labute approximate surface area is 134 Å². The Balaban J connectivity index is 1.57. The number of piperidine rings is 1. The zero-order chi connectivity index (χ0) is 15.6. The van der Waals surface area contributed by atoms with Gasteiger partial charge in [-0.15, -0.1) is 0 Å². The van der Waals surface area contributed by atoms with Crippen molar-refractivity contribution >= 4 is 16.8 Å². The highest BCUT2D eigenvalue weighted by Gasteiger charge is 2.26. The van der Waals surface area contributed by atoms with Crippen LogP contribution in [0.15, 0.2) is 48.8 Å². The number of rotatable bonds is 2. The highest BCUT2D eigenvalue weighted by Crippen LogP contribution is 2.26. The van der Waals surface area contributed by atoms with E-state index in [1.807, 2.05) is 41.3 Å². The van der Waals surface area contributed by atoms with E-state index in [9.17, 15) is 4.79 Å². The van der Waals surface area contributed by atoms with Crippen molar-refractivity contribution in [3.63, 3.8) is 0 Å². The number of amides is 1. The van der Waals surface area contributed by atoms with Crippen molar-refractivity contribution in [2.75, 3.05) is 13.1 Å². The quantitative estimate of drug-likeness (QED) is 0.791. The first-order chi connectivity index (χ1) is 11.3. The van der Waals surface area contributed by atoms with Crippen molar-refractivity contribution in [2.24, 2.45) is 0 Å². The fraction of sp³-hybridized carbons (Fsp3) is 0.278. The van der Waals surface area contributed by atoms with E-state index in [1.54, 1.807) is 12.4 Å². The first-order valence-corrected chi connectivity index (χ1v) is 7.94. The Hall–Kier alpha value is -2.69. The SMILES string of the molecule is O=C(c1cnc2ccccc2c1)N1CCCC(c2ccn[nH]2)C1. The molecule has 1 aliphatic rings. The van der Waals surface area contributed by atoms with Crippen LogP contribution >= 0.6 is 0 Å². The molecule has 1 atom stereocenters. The summed E-state index contributed by atoms with van der Waals surface area (Å²) in [5.74, 6) is 0.399. The van der Waals surface area contributed by atoms with Crippen LogP contribution in [0.1, 0.15) is 34.8 Å². The van der Waals surface area contributed by atoms with E-state index in [1.165, 1.54) is 0 Å². The lowest BCUT2D eigenvalue weighted by molar-refractivity contribution is 0.0705. The highest BCUT2D eigenvalue weighted by molar-refractivity contribution is 5.97. The van der Waals surface area contributed by atoms with Gasteiger partial charge in [-0.2, -0.15) is 5.10 Å². The maximum Gasteiger partial charge on any atom is 0.255 e. The molecule has 23 heavy (non-hydrogen) atoms. The van der Waals surface area contributed by atoms with E-state index in [2.05, 4.69) is 15.2 Å². The standard InChI is InChI=1S/C18H18N4O/c23-18(15-10-13-4-1-2-6-16(13)19-11-15)22-9-3-5-14(12-22)17-7-8-20-21-17/h1-2,4,6-8,10-11,14H,3,5,9,12H2,(H,20,21). The fourth-order valence-electron chi connectivity index (χ4n) is 3.28. The number of para-hydroxylation sites is 1. The third-order valence-electron chi connectivity index (χ3n) is 4.51. The number of carbonyl (C=O) groups excluding carboxylic acids is 1. The number of aromatic amines is 1. The molecule has 3 aromatic rings. The summed E-state index contributed by atoms with van der Waals surface area (Å²) >= 11 is 0. The first-order valence-electron chi connectivity index (χ1n) is 7.94. The van der Waals surface area contributed by atoms with E-state index >= 15 is 0 Å². The van der Waals surface area contributed by atoms with Crippen molar-refractivity contribution < 1.29 is 4.79 Å². The van der Waals surface area contributed by atoms with Crippen LogP contribution in [0.5, 0.6) is 0 Å². The number of H-pyrrole nitrogens is 1. The summed E-state index contributed by atoms with van der Waals surface area (Å²) < 4.78 is 0. The minimum atomic E-state index is 0.0625. The largest absolute Gasteiger partial charge is 0.338 e. The Morgan fingerprint density at radius 1 is 1.26 bits per heavy atom. The molecule has 5 heteroatoms. The topological polar surface area (TPSA) is 61.9 Å². The van der Waals surface area contributed by atoms with E-state index in [0.29, 0.717) is 11.5 Å². The molecule has 0 saturated carbocycles. The van der Waals surface area contributed by atoms with Gasteiger partial charge in [-0.3, -0.25) is 14.9 Å². The Kier molecular flexibility index (Phi) is 3.54. The number of aromatic nitrogens is 3. The molecule has 1 unspecified atom stereocenters. The lowest BCUT2D eigenvalue weighted by Gasteiger charge is -2.32. The van der Waals surface area contributed by atoms with Gasteiger partial charge in [0.2, 0.25) is 0 Å². The second-order valence-electron chi connectivity index (χ2n) is 6.02. The number of benzene rings is 1. The number of fused-ring (bicyclic) bond motifs is 1. The summed E-state index contributed by atoms with van der Waals surface area (Å²) in [4.78, 5) is 19.2. The Morgan fingerprint density at radius 3 is 3.04 bits per heavy atom. The molecule has 0 aliphatic carbocycles. The van der Waals surface area contributed by atoms with Crippen molar-refractivity contribution in [3.8, 4) is 0 Å². The van der Waals surface area contributed by atoms with Gasteiger partial charge in [0.25, 0.3) is 5.91 Å². The monoisotopic (exact) mass is 306 g/mol. The number of hydrogen-bond donors (Lipinski definition) is 1. The summed E-state index contributed by atoms with van der Waals surface area (Å²) in [6.07, 6.45) is 5.55. The molecule has 0 spiro atoms. The smallest absolute Gasteiger partial charge is 0.255 e. The van der Waals surface area contributed by atoms with Crippen LogP contribution in [0, 0.1) is 0 Å². The van der Waals surface area contributed by atoms with Crippen LogP contribution in [-0.4, -0.2) is 39.1 Å². The summed E-state index contributed by atoms with van der Waals surface area (Å²) in [7, 11) is 0. The molecule has 1 aliphatic heterocycles. The summed E-state index contributed by atoms with van der Waals surface area (Å²) in [5, 5.41) is 8.05. The Bertz CT molecular complexity index is 828. The van der Waals surface area contributed by atoms with Crippen LogP contribution in [0.3, 0.4) is 0 Å². The minimum absolute atomic E-state index is 0.0625. The number of hydrogen-bond acceptors (Lipinski definition) is 3. The van der Waals surface area contributed by atoms with Crippen LogP contribution in [0.4, 0.5) is 0 Å². The predicted molar refractivity (Wildman–Crippen MR) is 88.2 cm³/mol. The van der Waals surface area contributed by atoms with Gasteiger partial charge in [0, 0.05) is 42.5 Å². The van der Waals surface area contributed by atoms with Gasteiger partial charge in [-0.25, -0.2) is 0 Å². The molecule has 1 amide bonds. The minimum Gasteiger partial charge on any atom is -0.338 e. The third kappa shape index (κ3) is 2.70. The lowest BCUT2D eigenvalue weighted by Crippen LogP contribution is -2.39. The highest BCUT2D eigenvalue weighted by atomic mass is 16.2. The molecule has 5 nitrogen and oxygen atoms in total. The zero-order valence-corrected chi connectivity index (χ0v) is 12.8. The van der Waals surface area contributed by atoms with Gasteiger partial charge in [-0.05, 0) is 31.0 Å². The normalized spacial score (nSPS) is 18.3. The molecule has 2 aromatic heterocycles.